The summed E-state index contributed by atoms with van der Waals surface area (Å²) in [5.74, 6) is -4.66. The van der Waals surface area contributed by atoms with E-state index in [4.69, 9.17) is 4.74 Å². The van der Waals surface area contributed by atoms with E-state index in [1.54, 1.807) is 13.8 Å². The molecule has 2 amide bonds. The molecule has 40 heavy (non-hydrogen) atoms. The first-order valence-corrected chi connectivity index (χ1v) is 13.2. The van der Waals surface area contributed by atoms with Gasteiger partial charge in [0.1, 0.15) is 6.04 Å². The summed E-state index contributed by atoms with van der Waals surface area (Å²) in [6, 6.07) is 19.7. The van der Waals surface area contributed by atoms with E-state index >= 15 is 0 Å². The second-order valence-corrected chi connectivity index (χ2v) is 10.8. The van der Waals surface area contributed by atoms with Gasteiger partial charge in [0.2, 0.25) is 17.6 Å². The highest BCUT2D eigenvalue weighted by atomic mass is 16.6. The predicted molar refractivity (Wildman–Crippen MR) is 142 cm³/mol. The summed E-state index contributed by atoms with van der Waals surface area (Å²) in [5.41, 5.74) is 3.88. The van der Waals surface area contributed by atoms with E-state index < -0.39 is 58.9 Å². The van der Waals surface area contributed by atoms with Crippen molar-refractivity contribution in [3.63, 3.8) is 0 Å². The molecule has 1 fully saturated rings. The molecule has 7 rings (SSSR count). The van der Waals surface area contributed by atoms with Gasteiger partial charge in [-0.3, -0.25) is 29.4 Å². The number of likely N-dealkylation sites (tertiary alicyclic amines) is 1. The standard InChI is InChI=1S/C31H26N2O7/c1-16(2)28(31(37)40-15-23(34)17-8-7-9-18(14-17)33(38)39)32-29(35)26-24-19-10-3-4-11-20(19)25(27(26)30(32)36)22-13-6-5-12-21(22)24/h3-14,16,24-28H,15H2,1-2H3/t24?,25?,26-,27-,28+/m0/s1. The zero-order valence-electron chi connectivity index (χ0n) is 21.9. The van der Waals surface area contributed by atoms with Crippen LogP contribution in [0.15, 0.2) is 72.8 Å². The minimum absolute atomic E-state index is 0.0227. The van der Waals surface area contributed by atoms with Gasteiger partial charge in [-0.25, -0.2) is 4.79 Å². The molecule has 9 heteroatoms. The van der Waals surface area contributed by atoms with E-state index in [2.05, 4.69) is 0 Å². The number of Topliss-reactive ketones (excluding diaryl/α,β-unsaturated/α-hetero) is 1. The molecule has 3 aromatic rings. The van der Waals surface area contributed by atoms with Gasteiger partial charge in [-0.1, -0.05) is 74.5 Å². The number of non-ortho nitro benzene ring substituents is 1. The average molecular weight is 539 g/mol. The molecule has 4 aliphatic rings. The number of nitrogens with zero attached hydrogens (tertiary/aromatic N) is 2. The quantitative estimate of drug-likeness (QED) is 0.145. The van der Waals surface area contributed by atoms with Crippen LogP contribution in [0.25, 0.3) is 0 Å². The van der Waals surface area contributed by atoms with Crippen LogP contribution in [-0.4, -0.2) is 46.0 Å². The Labute approximate surface area is 229 Å². The van der Waals surface area contributed by atoms with Gasteiger partial charge in [0.25, 0.3) is 5.69 Å². The van der Waals surface area contributed by atoms with Crippen molar-refractivity contribution >= 4 is 29.3 Å². The molecular formula is C31H26N2O7. The van der Waals surface area contributed by atoms with Crippen LogP contribution in [0.1, 0.15) is 58.3 Å². The van der Waals surface area contributed by atoms with Gasteiger partial charge in [-0.2, -0.15) is 0 Å². The molecule has 0 radical (unpaired) electrons. The van der Waals surface area contributed by atoms with E-state index in [-0.39, 0.29) is 23.1 Å². The number of ketones is 1. The number of nitro benzene ring substituents is 1. The van der Waals surface area contributed by atoms with Gasteiger partial charge in [0, 0.05) is 29.5 Å². The molecule has 0 spiro atoms. The third-order valence-electron chi connectivity index (χ3n) is 8.36. The van der Waals surface area contributed by atoms with Crippen LogP contribution < -0.4 is 0 Å². The Morgan fingerprint density at radius 2 is 1.35 bits per heavy atom. The molecule has 202 valence electrons. The highest BCUT2D eigenvalue weighted by Crippen LogP contribution is 2.61. The van der Waals surface area contributed by atoms with Crippen molar-refractivity contribution in [2.24, 2.45) is 17.8 Å². The number of hydrogen-bond donors (Lipinski definition) is 0. The summed E-state index contributed by atoms with van der Waals surface area (Å²) in [6.45, 7) is 2.76. The Balaban J connectivity index is 1.29. The lowest BCUT2D eigenvalue weighted by Crippen LogP contribution is -2.49. The maximum absolute atomic E-state index is 14.0. The van der Waals surface area contributed by atoms with Crippen molar-refractivity contribution in [1.82, 2.24) is 4.90 Å². The predicted octanol–water partition coefficient (Wildman–Crippen LogP) is 4.24. The molecule has 0 unspecified atom stereocenters. The summed E-state index contributed by atoms with van der Waals surface area (Å²) in [6.07, 6.45) is 0. The highest BCUT2D eigenvalue weighted by Gasteiger charge is 2.63. The Hall–Kier alpha value is -4.66. The monoisotopic (exact) mass is 538 g/mol. The fourth-order valence-electron chi connectivity index (χ4n) is 6.75. The number of hydrogen-bond acceptors (Lipinski definition) is 7. The maximum Gasteiger partial charge on any atom is 0.330 e. The van der Waals surface area contributed by atoms with Crippen LogP contribution >= 0.6 is 0 Å². The number of amides is 2. The topological polar surface area (TPSA) is 124 Å². The first kappa shape index (κ1) is 25.6. The number of carbonyl (C=O) groups excluding carboxylic acids is 4. The molecule has 1 saturated heterocycles. The third-order valence-corrected chi connectivity index (χ3v) is 8.36. The third kappa shape index (κ3) is 3.76. The van der Waals surface area contributed by atoms with Crippen LogP contribution in [0.5, 0.6) is 0 Å². The van der Waals surface area contributed by atoms with Gasteiger partial charge in [0.05, 0.1) is 16.8 Å². The summed E-state index contributed by atoms with van der Waals surface area (Å²) < 4.78 is 5.33. The lowest BCUT2D eigenvalue weighted by Gasteiger charge is -2.45. The molecule has 0 N–H and O–H groups in total. The number of esters is 1. The summed E-state index contributed by atoms with van der Waals surface area (Å²) in [5, 5.41) is 11.1. The highest BCUT2D eigenvalue weighted by molar-refractivity contribution is 6.10. The Morgan fingerprint density at radius 1 is 0.850 bits per heavy atom. The molecule has 3 aliphatic carbocycles. The van der Waals surface area contributed by atoms with E-state index in [1.807, 2.05) is 48.5 Å². The second-order valence-electron chi connectivity index (χ2n) is 10.8. The molecule has 3 atom stereocenters. The molecular weight excluding hydrogens is 512 g/mol. The van der Waals surface area contributed by atoms with Crippen LogP contribution in [0.2, 0.25) is 0 Å². The van der Waals surface area contributed by atoms with Crippen molar-refractivity contribution in [2.45, 2.75) is 31.7 Å². The van der Waals surface area contributed by atoms with Gasteiger partial charge >= 0.3 is 5.97 Å². The molecule has 1 aliphatic heterocycles. The van der Waals surface area contributed by atoms with Gasteiger partial charge in [-0.15, -0.1) is 0 Å². The van der Waals surface area contributed by atoms with E-state index in [0.29, 0.717) is 0 Å². The Morgan fingerprint density at radius 3 is 1.80 bits per heavy atom. The van der Waals surface area contributed by atoms with E-state index in [1.165, 1.54) is 18.2 Å². The largest absolute Gasteiger partial charge is 0.456 e. The minimum atomic E-state index is -1.21. The van der Waals surface area contributed by atoms with Crippen molar-refractivity contribution in [2.75, 3.05) is 6.61 Å². The van der Waals surface area contributed by atoms with E-state index in [9.17, 15) is 29.3 Å². The normalized spacial score (nSPS) is 22.9. The van der Waals surface area contributed by atoms with Crippen molar-refractivity contribution in [1.29, 1.82) is 0 Å². The molecule has 9 nitrogen and oxygen atoms in total. The zero-order valence-corrected chi connectivity index (χ0v) is 21.9. The first-order valence-electron chi connectivity index (χ1n) is 13.2. The zero-order chi connectivity index (χ0) is 28.3. The number of rotatable bonds is 7. The fraction of sp³-hybridized carbons (Fsp3) is 0.290. The smallest absolute Gasteiger partial charge is 0.330 e. The maximum atomic E-state index is 14.0. The van der Waals surface area contributed by atoms with Crippen LogP contribution in [0, 0.1) is 27.9 Å². The Kier molecular flexibility index (Phi) is 6.09. The van der Waals surface area contributed by atoms with Crippen LogP contribution in [-0.2, 0) is 19.1 Å². The lowest BCUT2D eigenvalue weighted by molar-refractivity contribution is -0.384. The van der Waals surface area contributed by atoms with Crippen LogP contribution in [0.3, 0.4) is 0 Å². The number of imide groups is 1. The second kappa shape index (κ2) is 9.51. The molecule has 0 aromatic heterocycles. The Bertz CT molecular complexity index is 1480. The molecule has 2 bridgehead atoms. The van der Waals surface area contributed by atoms with Crippen molar-refractivity contribution in [3.05, 3.63) is 111 Å². The van der Waals surface area contributed by atoms with Crippen molar-refractivity contribution in [3.8, 4) is 0 Å². The van der Waals surface area contributed by atoms with Crippen molar-refractivity contribution < 1.29 is 28.8 Å². The van der Waals surface area contributed by atoms with Gasteiger partial charge < -0.3 is 4.74 Å². The van der Waals surface area contributed by atoms with Gasteiger partial charge in [0.15, 0.2) is 6.61 Å². The molecule has 1 heterocycles. The molecule has 3 aromatic carbocycles. The average Bonchev–Trinajstić information content (AvgIpc) is 3.21. The van der Waals surface area contributed by atoms with E-state index in [0.717, 1.165) is 33.2 Å². The minimum Gasteiger partial charge on any atom is -0.456 e. The SMILES string of the molecule is CC(C)[C@H](C(=O)OCC(=O)c1cccc([N+](=O)[O-])c1)N1C(=O)[C@H]2C3c4ccccc4C(c4ccccc43)[C@@H]2C1=O. The lowest BCUT2D eigenvalue weighted by atomic mass is 9.55. The van der Waals surface area contributed by atoms with Crippen LogP contribution in [0.4, 0.5) is 5.69 Å². The summed E-state index contributed by atoms with van der Waals surface area (Å²) in [4.78, 5) is 65.6. The number of benzene rings is 3. The number of ether oxygens (including phenoxy) is 1. The number of nitro groups is 1. The fourth-order valence-corrected chi connectivity index (χ4v) is 6.75. The summed E-state index contributed by atoms with van der Waals surface area (Å²) >= 11 is 0. The summed E-state index contributed by atoms with van der Waals surface area (Å²) in [7, 11) is 0. The van der Waals surface area contributed by atoms with Gasteiger partial charge in [-0.05, 0) is 28.2 Å². The first-order chi connectivity index (χ1) is 19.2. The molecule has 0 saturated carbocycles. The number of carbonyl (C=O) groups is 4.